The van der Waals surface area contributed by atoms with Gasteiger partial charge in [0.2, 0.25) is 0 Å². The van der Waals surface area contributed by atoms with Crippen molar-refractivity contribution in [3.8, 4) is 0 Å². The highest BCUT2D eigenvalue weighted by atomic mass is 28.3. The maximum atomic E-state index is 2.47. The van der Waals surface area contributed by atoms with Crippen molar-refractivity contribution in [2.45, 2.75) is 54.0 Å². The summed E-state index contributed by atoms with van der Waals surface area (Å²) < 4.78 is 0. The Morgan fingerprint density at radius 2 is 0.358 bits per heavy atom. The quantitative estimate of drug-likeness (QED) is 0.111. The van der Waals surface area contributed by atoms with E-state index in [9.17, 15) is 0 Å². The van der Waals surface area contributed by atoms with Gasteiger partial charge in [0.15, 0.2) is 8.07 Å². The van der Waals surface area contributed by atoms with Gasteiger partial charge in [-0.3, -0.25) is 0 Å². The summed E-state index contributed by atoms with van der Waals surface area (Å²) in [7, 11) is 50.4. The molecule has 0 bridgehead atoms. The smallest absolute Gasteiger partial charge is 0.175 e. The van der Waals surface area contributed by atoms with Crippen molar-refractivity contribution in [3.63, 3.8) is 0 Å². The summed E-state index contributed by atoms with van der Waals surface area (Å²) in [5, 5.41) is 4.21. The average Bonchev–Trinajstić information content (AvgIpc) is 3.37. The zero-order chi connectivity index (χ0) is 51.7. The van der Waals surface area contributed by atoms with Gasteiger partial charge in [0.05, 0.1) is 68.2 Å². The van der Waals surface area contributed by atoms with Crippen LogP contribution in [-0.4, -0.2) is 177 Å². The molecule has 3 aromatic rings. The van der Waals surface area contributed by atoms with Crippen LogP contribution in [0.4, 0.5) is 68.2 Å². The fourth-order valence-electron chi connectivity index (χ4n) is 12.3. The van der Waals surface area contributed by atoms with E-state index in [0.717, 1.165) is 0 Å². The number of allylic oxidation sites excluding steroid dienone is 4. The molecule has 0 N–H and O–H groups in total. The molecule has 1 aliphatic rings. The molecule has 0 saturated carbocycles. The molecule has 0 aliphatic heterocycles. The van der Waals surface area contributed by atoms with Crippen molar-refractivity contribution in [1.82, 2.24) is 0 Å². The van der Waals surface area contributed by atoms with Crippen LogP contribution in [0, 0.1) is 20.8 Å². The second-order valence-electron chi connectivity index (χ2n) is 21.8. The predicted octanol–water partition coefficient (Wildman–Crippen LogP) is 6.93. The average molecular weight is 940 g/mol. The Morgan fingerprint density at radius 3 is 0.478 bits per heavy atom. The van der Waals surface area contributed by atoms with Crippen LogP contribution in [0.1, 0.15) is 44.4 Å². The van der Waals surface area contributed by atoms with Crippen molar-refractivity contribution < 1.29 is 0 Å². The summed E-state index contributed by atoms with van der Waals surface area (Å²) in [6.45, 7) is 16.7. The fourth-order valence-corrected chi connectivity index (χ4v) is 19.9. The summed E-state index contributed by atoms with van der Waals surface area (Å²) in [5.74, 6) is 0. The van der Waals surface area contributed by atoms with Crippen molar-refractivity contribution >= 4 is 91.9 Å². The number of benzene rings is 3. The van der Waals surface area contributed by atoms with Crippen molar-refractivity contribution in [1.29, 1.82) is 0 Å². The number of hydrogen-bond donors (Lipinski definition) is 0. The number of hydrogen-bond acceptors (Lipinski definition) is 12. The molecule has 67 heavy (non-hydrogen) atoms. The first kappa shape index (κ1) is 54.6. The Balaban J connectivity index is 3.13. The lowest BCUT2D eigenvalue weighted by atomic mass is 10.0. The largest absolute Gasteiger partial charge is 0.376 e. The van der Waals surface area contributed by atoms with Gasteiger partial charge in [0, 0.05) is 190 Å². The maximum Gasteiger partial charge on any atom is 0.175 e. The molecule has 0 aromatic heterocycles. The van der Waals surface area contributed by atoms with Crippen LogP contribution >= 0.6 is 0 Å². The Bertz CT molecular complexity index is 2060. The Labute approximate surface area is 411 Å². The fraction of sp³-hybridized carbons (Fsp3) is 0.593. The van der Waals surface area contributed by atoms with Gasteiger partial charge in [0.1, 0.15) is 0 Å². The molecule has 4 rings (SSSR count). The lowest BCUT2D eigenvalue weighted by molar-refractivity contribution is 1.01. The van der Waals surface area contributed by atoms with E-state index in [1.165, 1.54) is 123 Å². The summed E-state index contributed by atoms with van der Waals surface area (Å²) >= 11 is 0. The number of nitrogens with zero attached hydrogens (tertiary/aromatic N) is 12. The molecule has 0 fully saturated rings. The van der Waals surface area contributed by atoms with Crippen LogP contribution in [0.3, 0.4) is 0 Å². The van der Waals surface area contributed by atoms with Crippen molar-refractivity contribution in [2.75, 3.05) is 228 Å². The van der Waals surface area contributed by atoms with E-state index in [0.29, 0.717) is 0 Å². The van der Waals surface area contributed by atoms with Gasteiger partial charge >= 0.3 is 0 Å². The molecule has 0 amide bonds. The van der Waals surface area contributed by atoms with Crippen molar-refractivity contribution in [3.05, 3.63) is 39.0 Å². The first-order valence-corrected chi connectivity index (χ1v) is 25.9. The molecule has 0 spiro atoms. The normalized spacial score (nSPS) is 13.1. The molecule has 0 heterocycles. The van der Waals surface area contributed by atoms with Crippen LogP contribution in [0.25, 0.3) is 0 Å². The number of anilines is 12. The highest BCUT2D eigenvalue weighted by Crippen LogP contribution is 2.57. The van der Waals surface area contributed by atoms with Gasteiger partial charge in [-0.25, -0.2) is 0 Å². The second-order valence-corrected chi connectivity index (χ2v) is 25.5. The Morgan fingerprint density at radius 1 is 0.224 bits per heavy atom. The topological polar surface area (TPSA) is 38.9 Å². The predicted molar refractivity (Wildman–Crippen MR) is 311 cm³/mol. The van der Waals surface area contributed by atoms with Crippen LogP contribution < -0.4 is 74.4 Å². The van der Waals surface area contributed by atoms with E-state index < -0.39 is 8.07 Å². The third kappa shape index (κ3) is 8.39. The van der Waals surface area contributed by atoms with E-state index in [-0.39, 0.29) is 5.54 Å². The molecular weight excluding hydrogens is 845 g/mol. The lowest BCUT2D eigenvalue weighted by Crippen LogP contribution is -2.74. The van der Waals surface area contributed by atoms with E-state index in [1.807, 2.05) is 0 Å². The van der Waals surface area contributed by atoms with Gasteiger partial charge in [0.25, 0.3) is 0 Å². The standard InChI is InChI=1S/C54H94N12Si/c1-32-33(2)35(4)51(34(32)3)67(52-45(61(20)21)39(55(8)9)36(5)40(56(10)11)46(52)62(22)23,53-47(63(24)25)41(57(12)13)37(6)42(58(14)15)48(53)64(26)27)54-49(65(28)29)43(59(16)17)38(7)44(60(18)19)50(54)66(30)31/h51H,1-31H3. The lowest BCUT2D eigenvalue weighted by Gasteiger charge is -2.52. The highest BCUT2D eigenvalue weighted by molar-refractivity contribution is 7.17. The molecule has 13 heteroatoms. The Hall–Kier alpha value is -5.04. The molecule has 1 aliphatic carbocycles. The third-order valence-corrected chi connectivity index (χ3v) is 20.0. The molecule has 3 aromatic carbocycles. The van der Waals surface area contributed by atoms with Crippen LogP contribution in [0.5, 0.6) is 0 Å². The van der Waals surface area contributed by atoms with Gasteiger partial charge in [-0.1, -0.05) is 11.1 Å². The first-order valence-electron chi connectivity index (χ1n) is 23.8. The maximum absolute atomic E-state index is 3.90. The molecule has 12 nitrogen and oxygen atoms in total. The van der Waals surface area contributed by atoms with Gasteiger partial charge in [-0.15, -0.1) is 0 Å². The van der Waals surface area contributed by atoms with Gasteiger partial charge in [-0.05, 0) is 76.3 Å². The first-order chi connectivity index (χ1) is 30.7. The van der Waals surface area contributed by atoms with E-state index >= 15 is 0 Å². The third-order valence-electron chi connectivity index (χ3n) is 14.5. The van der Waals surface area contributed by atoms with E-state index in [4.69, 9.17) is 0 Å². The summed E-state index contributed by atoms with van der Waals surface area (Å²) in [5.41, 5.74) is 24.3. The van der Waals surface area contributed by atoms with Gasteiger partial charge in [-0.2, -0.15) is 0 Å². The molecule has 374 valence electrons. The number of rotatable bonds is 16. The van der Waals surface area contributed by atoms with E-state index in [1.54, 1.807) is 0 Å². The minimum atomic E-state index is -3.90. The molecule has 0 unspecified atom stereocenters. The zero-order valence-corrected chi connectivity index (χ0v) is 49.4. The van der Waals surface area contributed by atoms with Crippen LogP contribution in [0.15, 0.2) is 22.3 Å². The summed E-state index contributed by atoms with van der Waals surface area (Å²) in [6, 6.07) is 0. The Kier molecular flexibility index (Phi) is 15.9. The highest BCUT2D eigenvalue weighted by Gasteiger charge is 2.60. The molecule has 0 atom stereocenters. The molecule has 0 saturated heterocycles. The summed E-state index contributed by atoms with van der Waals surface area (Å²) in [4.78, 5) is 29.0. The van der Waals surface area contributed by atoms with Crippen LogP contribution in [-0.2, 0) is 0 Å². The van der Waals surface area contributed by atoms with Crippen molar-refractivity contribution in [2.24, 2.45) is 0 Å². The van der Waals surface area contributed by atoms with Crippen LogP contribution in [0.2, 0.25) is 5.54 Å². The summed E-state index contributed by atoms with van der Waals surface area (Å²) in [6.07, 6.45) is 0. The SMILES string of the molecule is CC1=C(C)C([Si](c2c(N(C)C)c(N(C)C)c(C)c(N(C)C)c2N(C)C)(c2c(N(C)C)c(N(C)C)c(C)c(N(C)C)c2N(C)C)c2c(N(C)C)c(N(C)C)c(C)c(N(C)C)c2N(C)C)C(C)=C1C. The van der Waals surface area contributed by atoms with E-state index in [2.05, 4.69) is 276 Å². The minimum absolute atomic E-state index is 0.0205. The second kappa shape index (κ2) is 19.5. The van der Waals surface area contributed by atoms with Gasteiger partial charge < -0.3 is 58.8 Å². The zero-order valence-electron chi connectivity index (χ0n) is 48.4. The monoisotopic (exact) mass is 939 g/mol. The molecular formula is C54H94N12Si. The minimum Gasteiger partial charge on any atom is -0.376 e. The molecule has 0 radical (unpaired) electrons.